The van der Waals surface area contributed by atoms with E-state index in [0.717, 1.165) is 11.1 Å². The van der Waals surface area contributed by atoms with E-state index in [0.29, 0.717) is 36.6 Å². The first kappa shape index (κ1) is 24.2. The van der Waals surface area contributed by atoms with Crippen LogP contribution in [0.15, 0.2) is 72.1 Å². The van der Waals surface area contributed by atoms with Crippen LogP contribution in [0.3, 0.4) is 0 Å². The first-order chi connectivity index (χ1) is 17.0. The zero-order valence-corrected chi connectivity index (χ0v) is 19.8. The second-order valence-corrected chi connectivity index (χ2v) is 8.88. The van der Waals surface area contributed by atoms with Crippen LogP contribution in [0.2, 0.25) is 0 Å². The molecule has 0 spiro atoms. The van der Waals surface area contributed by atoms with E-state index in [2.05, 4.69) is 5.32 Å². The molecule has 9 heteroatoms. The van der Waals surface area contributed by atoms with E-state index in [-0.39, 0.29) is 18.4 Å². The van der Waals surface area contributed by atoms with Crippen LogP contribution in [0.5, 0.6) is 0 Å². The van der Waals surface area contributed by atoms with Crippen molar-refractivity contribution in [2.45, 2.75) is 0 Å². The minimum atomic E-state index is -0.695. The largest absolute Gasteiger partial charge is 0.454 e. The first-order valence-corrected chi connectivity index (χ1v) is 12.1. The van der Waals surface area contributed by atoms with E-state index in [9.17, 15) is 19.2 Å². The van der Waals surface area contributed by atoms with E-state index < -0.39 is 18.5 Å². The van der Waals surface area contributed by atoms with Crippen LogP contribution in [-0.4, -0.2) is 72.8 Å². The molecule has 1 aliphatic heterocycles. The van der Waals surface area contributed by atoms with Gasteiger partial charge in [0.25, 0.3) is 17.7 Å². The Hall–Kier alpha value is -3.98. The molecule has 2 heterocycles. The van der Waals surface area contributed by atoms with Gasteiger partial charge >= 0.3 is 5.97 Å². The Bertz CT molecular complexity index is 1170. The molecule has 1 fully saturated rings. The molecule has 0 atom stereocenters. The summed E-state index contributed by atoms with van der Waals surface area (Å²) < 4.78 is 5.03. The van der Waals surface area contributed by atoms with Gasteiger partial charge < -0.3 is 19.9 Å². The predicted molar refractivity (Wildman–Crippen MR) is 132 cm³/mol. The highest BCUT2D eigenvalue weighted by atomic mass is 32.1. The molecule has 0 aliphatic carbocycles. The van der Waals surface area contributed by atoms with E-state index in [1.54, 1.807) is 28.0 Å². The Morgan fingerprint density at radius 1 is 0.800 bits per heavy atom. The lowest BCUT2D eigenvalue weighted by Gasteiger charge is -2.34. The molecule has 1 aliphatic rings. The first-order valence-electron chi connectivity index (χ1n) is 11.2. The number of carbonyl (C=O) groups excluding carboxylic acids is 4. The van der Waals surface area contributed by atoms with Gasteiger partial charge in [-0.3, -0.25) is 19.2 Å². The average molecular weight is 492 g/mol. The lowest BCUT2D eigenvalue weighted by atomic mass is 10.0. The normalized spacial score (nSPS) is 13.3. The Morgan fingerprint density at radius 3 is 2.11 bits per heavy atom. The second kappa shape index (κ2) is 11.4. The summed E-state index contributed by atoms with van der Waals surface area (Å²) in [7, 11) is 0. The number of nitrogens with one attached hydrogen (secondary N) is 1. The van der Waals surface area contributed by atoms with Crippen molar-refractivity contribution in [1.29, 1.82) is 0 Å². The molecule has 8 nitrogen and oxygen atoms in total. The highest BCUT2D eigenvalue weighted by Crippen LogP contribution is 2.19. The third-order valence-corrected chi connectivity index (χ3v) is 6.51. The number of thiophene rings is 1. The van der Waals surface area contributed by atoms with Gasteiger partial charge in [0, 0.05) is 31.7 Å². The molecule has 0 bridgehead atoms. The number of esters is 1. The van der Waals surface area contributed by atoms with Crippen LogP contribution in [-0.2, 0) is 14.3 Å². The number of ether oxygens (including phenoxy) is 1. The SMILES string of the molecule is O=C(CNC(=O)c1ccc(-c2ccccc2)cc1)OCC(=O)N1CCN(C(=O)c2cccs2)CC1. The average Bonchev–Trinajstić information content (AvgIpc) is 3.46. The molecule has 180 valence electrons. The van der Waals surface area contributed by atoms with Crippen molar-refractivity contribution in [2.75, 3.05) is 39.3 Å². The van der Waals surface area contributed by atoms with Crippen molar-refractivity contribution in [3.05, 3.63) is 82.6 Å². The Kier molecular flexibility index (Phi) is 7.89. The minimum absolute atomic E-state index is 0.0380. The van der Waals surface area contributed by atoms with E-state index >= 15 is 0 Å². The monoisotopic (exact) mass is 491 g/mol. The molecule has 0 radical (unpaired) electrons. The maximum Gasteiger partial charge on any atom is 0.325 e. The van der Waals surface area contributed by atoms with Crippen LogP contribution in [0.1, 0.15) is 20.0 Å². The topological polar surface area (TPSA) is 96.0 Å². The summed E-state index contributed by atoms with van der Waals surface area (Å²) in [6.45, 7) is 0.868. The summed E-state index contributed by atoms with van der Waals surface area (Å²) in [5.41, 5.74) is 2.45. The van der Waals surface area contributed by atoms with Crippen molar-refractivity contribution in [2.24, 2.45) is 0 Å². The second-order valence-electron chi connectivity index (χ2n) is 7.94. The summed E-state index contributed by atoms with van der Waals surface area (Å²) in [5, 5.41) is 4.36. The molecule has 0 unspecified atom stereocenters. The fourth-order valence-corrected chi connectivity index (χ4v) is 4.39. The number of carbonyl (C=O) groups is 4. The Morgan fingerprint density at radius 2 is 1.46 bits per heavy atom. The molecule has 1 saturated heterocycles. The highest BCUT2D eigenvalue weighted by Gasteiger charge is 2.25. The van der Waals surface area contributed by atoms with Gasteiger partial charge in [-0.2, -0.15) is 0 Å². The van der Waals surface area contributed by atoms with Gasteiger partial charge in [-0.05, 0) is 34.7 Å². The molecular weight excluding hydrogens is 466 g/mol. The van der Waals surface area contributed by atoms with Gasteiger partial charge in [-0.1, -0.05) is 48.5 Å². The molecule has 1 aromatic heterocycles. The molecule has 35 heavy (non-hydrogen) atoms. The molecule has 3 aromatic rings. The highest BCUT2D eigenvalue weighted by molar-refractivity contribution is 7.12. The molecule has 3 amide bonds. The number of benzene rings is 2. The zero-order chi connectivity index (χ0) is 24.6. The third kappa shape index (κ3) is 6.33. The summed E-state index contributed by atoms with van der Waals surface area (Å²) in [4.78, 5) is 53.1. The van der Waals surface area contributed by atoms with Gasteiger partial charge in [0.15, 0.2) is 6.61 Å². The number of hydrogen-bond acceptors (Lipinski definition) is 6. The van der Waals surface area contributed by atoms with Gasteiger partial charge in [-0.15, -0.1) is 11.3 Å². The van der Waals surface area contributed by atoms with Gasteiger partial charge in [0.2, 0.25) is 0 Å². The Labute approximate surface area is 207 Å². The van der Waals surface area contributed by atoms with Crippen LogP contribution in [0.4, 0.5) is 0 Å². The summed E-state index contributed by atoms with van der Waals surface area (Å²) >= 11 is 1.39. The number of amides is 3. The lowest BCUT2D eigenvalue weighted by Crippen LogP contribution is -2.51. The van der Waals surface area contributed by atoms with E-state index in [1.807, 2.05) is 53.9 Å². The lowest BCUT2D eigenvalue weighted by molar-refractivity contribution is -0.151. The summed E-state index contributed by atoms with van der Waals surface area (Å²) in [5.74, 6) is -1.47. The smallest absolute Gasteiger partial charge is 0.325 e. The predicted octanol–water partition coefficient (Wildman–Crippen LogP) is 2.67. The van der Waals surface area contributed by atoms with E-state index in [1.165, 1.54) is 11.3 Å². The summed E-state index contributed by atoms with van der Waals surface area (Å²) in [6.07, 6.45) is 0. The third-order valence-electron chi connectivity index (χ3n) is 5.66. The van der Waals surface area contributed by atoms with Crippen molar-refractivity contribution < 1.29 is 23.9 Å². The minimum Gasteiger partial charge on any atom is -0.454 e. The summed E-state index contributed by atoms with van der Waals surface area (Å²) in [6, 6.07) is 20.5. The quantitative estimate of drug-likeness (QED) is 0.513. The van der Waals surface area contributed by atoms with Crippen LogP contribution < -0.4 is 5.32 Å². The van der Waals surface area contributed by atoms with Crippen LogP contribution in [0.25, 0.3) is 11.1 Å². The Balaban J connectivity index is 1.16. The van der Waals surface area contributed by atoms with Crippen molar-refractivity contribution in [3.63, 3.8) is 0 Å². The fourth-order valence-electron chi connectivity index (χ4n) is 3.70. The molecule has 2 aromatic carbocycles. The maximum absolute atomic E-state index is 12.4. The van der Waals surface area contributed by atoms with Crippen LogP contribution in [0, 0.1) is 0 Å². The van der Waals surface area contributed by atoms with E-state index in [4.69, 9.17) is 4.74 Å². The van der Waals surface area contributed by atoms with Gasteiger partial charge in [0.05, 0.1) is 4.88 Å². The molecule has 4 rings (SSSR count). The van der Waals surface area contributed by atoms with Crippen molar-refractivity contribution >= 4 is 35.0 Å². The maximum atomic E-state index is 12.4. The number of hydrogen-bond donors (Lipinski definition) is 1. The number of rotatable bonds is 7. The van der Waals surface area contributed by atoms with Crippen LogP contribution >= 0.6 is 11.3 Å². The van der Waals surface area contributed by atoms with Crippen molar-refractivity contribution in [3.8, 4) is 11.1 Å². The standard InChI is InChI=1S/C26H25N3O5S/c30-23(28-12-14-29(15-13-28)26(33)22-7-4-16-35-22)18-34-24(31)17-27-25(32)21-10-8-20(9-11-21)19-5-2-1-3-6-19/h1-11,16H,12-15,17-18H2,(H,27,32). The van der Waals surface area contributed by atoms with Crippen molar-refractivity contribution in [1.82, 2.24) is 15.1 Å². The molecule has 1 N–H and O–H groups in total. The van der Waals surface area contributed by atoms with Gasteiger partial charge in [-0.25, -0.2) is 0 Å². The molecule has 0 saturated carbocycles. The zero-order valence-electron chi connectivity index (χ0n) is 19.0. The van der Waals surface area contributed by atoms with Gasteiger partial charge in [0.1, 0.15) is 6.54 Å². The fraction of sp³-hybridized carbons (Fsp3) is 0.231. The number of piperazine rings is 1. The number of nitrogens with zero attached hydrogens (tertiary/aromatic N) is 2. The molecular formula is C26H25N3O5S.